The van der Waals surface area contributed by atoms with Crippen LogP contribution in [0.3, 0.4) is 0 Å². The molecule has 2 aliphatic heterocycles. The lowest BCUT2D eigenvalue weighted by molar-refractivity contribution is 0.00733. The van der Waals surface area contributed by atoms with E-state index in [0.717, 1.165) is 25.8 Å². The molecule has 0 saturated carbocycles. The molecule has 0 bridgehead atoms. The SMILES string of the molecule is CC(C)NCC1CCCCN1S(=O)(=O)N1CCOC(C)C1. The molecule has 1 N–H and O–H groups in total. The van der Waals surface area contributed by atoms with Crippen molar-refractivity contribution < 1.29 is 13.2 Å². The van der Waals surface area contributed by atoms with Gasteiger partial charge in [-0.05, 0) is 19.8 Å². The zero-order valence-electron chi connectivity index (χ0n) is 13.4. The van der Waals surface area contributed by atoms with Crippen molar-refractivity contribution in [2.45, 2.75) is 58.2 Å². The smallest absolute Gasteiger partial charge is 0.282 e. The Morgan fingerprint density at radius 1 is 1.29 bits per heavy atom. The number of morpholine rings is 1. The first-order valence-electron chi connectivity index (χ1n) is 8.03. The van der Waals surface area contributed by atoms with E-state index in [4.69, 9.17) is 4.74 Å². The van der Waals surface area contributed by atoms with Gasteiger partial charge < -0.3 is 10.1 Å². The average Bonchev–Trinajstić information content (AvgIpc) is 2.45. The van der Waals surface area contributed by atoms with Crippen molar-refractivity contribution in [3.05, 3.63) is 0 Å². The van der Waals surface area contributed by atoms with E-state index in [1.54, 1.807) is 8.61 Å². The summed E-state index contributed by atoms with van der Waals surface area (Å²) < 4.78 is 34.6. The zero-order valence-corrected chi connectivity index (χ0v) is 14.2. The molecule has 0 aromatic heterocycles. The highest BCUT2D eigenvalue weighted by Gasteiger charge is 2.38. The Balaban J connectivity index is 2.07. The minimum Gasteiger partial charge on any atom is -0.376 e. The van der Waals surface area contributed by atoms with Gasteiger partial charge in [-0.2, -0.15) is 17.0 Å². The van der Waals surface area contributed by atoms with Crippen LogP contribution in [0.5, 0.6) is 0 Å². The summed E-state index contributed by atoms with van der Waals surface area (Å²) >= 11 is 0. The van der Waals surface area contributed by atoms with Crippen LogP contribution in [0.2, 0.25) is 0 Å². The number of hydrogen-bond donors (Lipinski definition) is 1. The Morgan fingerprint density at radius 2 is 2.05 bits per heavy atom. The van der Waals surface area contributed by atoms with E-state index in [1.165, 1.54) is 0 Å². The first-order chi connectivity index (χ1) is 9.91. The number of hydrogen-bond acceptors (Lipinski definition) is 4. The number of nitrogens with zero attached hydrogens (tertiary/aromatic N) is 2. The van der Waals surface area contributed by atoms with Crippen LogP contribution in [0.15, 0.2) is 0 Å². The molecule has 2 heterocycles. The summed E-state index contributed by atoms with van der Waals surface area (Å²) in [7, 11) is -3.37. The standard InChI is InChI=1S/C14H29N3O3S/c1-12(2)15-10-14-6-4-5-7-17(14)21(18,19)16-8-9-20-13(3)11-16/h12-15H,4-11H2,1-3H3. The van der Waals surface area contributed by atoms with Crippen molar-refractivity contribution >= 4 is 10.2 Å². The van der Waals surface area contributed by atoms with Gasteiger partial charge in [0.05, 0.1) is 12.7 Å². The van der Waals surface area contributed by atoms with Gasteiger partial charge >= 0.3 is 0 Å². The summed E-state index contributed by atoms with van der Waals surface area (Å²) in [6.45, 7) is 8.89. The zero-order chi connectivity index (χ0) is 15.5. The summed E-state index contributed by atoms with van der Waals surface area (Å²) in [6.07, 6.45) is 2.98. The molecule has 2 saturated heterocycles. The maximum atomic E-state index is 12.9. The van der Waals surface area contributed by atoms with Crippen molar-refractivity contribution in [1.29, 1.82) is 0 Å². The lowest BCUT2D eigenvalue weighted by atomic mass is 10.0. The molecular formula is C14H29N3O3S. The van der Waals surface area contributed by atoms with Crippen LogP contribution in [-0.4, -0.2) is 68.0 Å². The van der Waals surface area contributed by atoms with Crippen molar-refractivity contribution in [2.75, 3.05) is 32.8 Å². The van der Waals surface area contributed by atoms with Crippen LogP contribution in [0.25, 0.3) is 0 Å². The van der Waals surface area contributed by atoms with Gasteiger partial charge in [0.15, 0.2) is 0 Å². The fourth-order valence-corrected chi connectivity index (χ4v) is 4.91. The first-order valence-corrected chi connectivity index (χ1v) is 9.43. The maximum absolute atomic E-state index is 12.9. The Morgan fingerprint density at radius 3 is 2.71 bits per heavy atom. The number of piperidine rings is 1. The second kappa shape index (κ2) is 7.37. The van der Waals surface area contributed by atoms with Crippen LogP contribution in [0, 0.1) is 0 Å². The van der Waals surface area contributed by atoms with Crippen molar-refractivity contribution in [1.82, 2.24) is 13.9 Å². The third-order valence-corrected chi connectivity index (χ3v) is 6.22. The molecule has 6 nitrogen and oxygen atoms in total. The second-order valence-electron chi connectivity index (χ2n) is 6.37. The minimum atomic E-state index is -3.37. The molecule has 2 rings (SSSR count). The van der Waals surface area contributed by atoms with E-state index in [2.05, 4.69) is 19.2 Å². The molecule has 0 aliphatic carbocycles. The van der Waals surface area contributed by atoms with Crippen LogP contribution >= 0.6 is 0 Å². The van der Waals surface area contributed by atoms with Gasteiger partial charge in [0, 0.05) is 38.3 Å². The lowest BCUT2D eigenvalue weighted by Gasteiger charge is -2.40. The monoisotopic (exact) mass is 319 g/mol. The number of ether oxygens (including phenoxy) is 1. The normalized spacial score (nSPS) is 29.9. The van der Waals surface area contributed by atoms with Gasteiger partial charge in [0.25, 0.3) is 10.2 Å². The molecule has 0 radical (unpaired) electrons. The molecule has 2 atom stereocenters. The molecule has 0 aromatic carbocycles. The van der Waals surface area contributed by atoms with Crippen molar-refractivity contribution in [2.24, 2.45) is 0 Å². The third kappa shape index (κ3) is 4.39. The average molecular weight is 319 g/mol. The van der Waals surface area contributed by atoms with Crippen molar-refractivity contribution in [3.63, 3.8) is 0 Å². The lowest BCUT2D eigenvalue weighted by Crippen LogP contribution is -2.56. The molecular weight excluding hydrogens is 290 g/mol. The highest BCUT2D eigenvalue weighted by atomic mass is 32.2. The predicted molar refractivity (Wildman–Crippen MR) is 83.4 cm³/mol. The van der Waals surface area contributed by atoms with E-state index < -0.39 is 10.2 Å². The van der Waals surface area contributed by atoms with Gasteiger partial charge in [-0.3, -0.25) is 0 Å². The van der Waals surface area contributed by atoms with Crippen molar-refractivity contribution in [3.8, 4) is 0 Å². The molecule has 7 heteroatoms. The maximum Gasteiger partial charge on any atom is 0.282 e. The van der Waals surface area contributed by atoms with Crippen LogP contribution in [0.4, 0.5) is 0 Å². The second-order valence-corrected chi connectivity index (χ2v) is 8.25. The largest absolute Gasteiger partial charge is 0.376 e. The van der Waals surface area contributed by atoms with Crippen LogP contribution in [0.1, 0.15) is 40.0 Å². The van der Waals surface area contributed by atoms with Crippen LogP contribution < -0.4 is 5.32 Å². The Hall–Kier alpha value is -0.210. The summed E-state index contributed by atoms with van der Waals surface area (Å²) in [5.41, 5.74) is 0. The molecule has 2 unspecified atom stereocenters. The molecule has 124 valence electrons. The Labute approximate surface area is 129 Å². The first kappa shape index (κ1) is 17.1. The molecule has 2 fully saturated rings. The Kier molecular flexibility index (Phi) is 6.02. The van der Waals surface area contributed by atoms with E-state index in [1.807, 2.05) is 6.92 Å². The number of rotatable bonds is 5. The molecule has 0 aromatic rings. The molecule has 2 aliphatic rings. The van der Waals surface area contributed by atoms with Gasteiger partial charge in [-0.1, -0.05) is 20.3 Å². The van der Waals surface area contributed by atoms with Gasteiger partial charge in [-0.15, -0.1) is 0 Å². The summed E-state index contributed by atoms with van der Waals surface area (Å²) in [5.74, 6) is 0. The highest BCUT2D eigenvalue weighted by Crippen LogP contribution is 2.23. The van der Waals surface area contributed by atoms with E-state index in [0.29, 0.717) is 32.3 Å². The molecule has 0 amide bonds. The fraction of sp³-hybridized carbons (Fsp3) is 1.00. The van der Waals surface area contributed by atoms with Gasteiger partial charge in [0.1, 0.15) is 0 Å². The van der Waals surface area contributed by atoms with Gasteiger partial charge in [0.2, 0.25) is 0 Å². The topological polar surface area (TPSA) is 61.9 Å². The third-order valence-electron chi connectivity index (χ3n) is 4.16. The summed E-state index contributed by atoms with van der Waals surface area (Å²) in [6, 6.07) is 0.448. The predicted octanol–water partition coefficient (Wildman–Crippen LogP) is 0.804. The van der Waals surface area contributed by atoms with E-state index >= 15 is 0 Å². The number of nitrogens with one attached hydrogen (secondary N) is 1. The molecule has 21 heavy (non-hydrogen) atoms. The minimum absolute atomic E-state index is 0.0226. The fourth-order valence-electron chi connectivity index (χ4n) is 3.00. The van der Waals surface area contributed by atoms with Gasteiger partial charge in [-0.25, -0.2) is 0 Å². The summed E-state index contributed by atoms with van der Waals surface area (Å²) in [4.78, 5) is 0. The quantitative estimate of drug-likeness (QED) is 0.814. The van der Waals surface area contributed by atoms with Crippen LogP contribution in [-0.2, 0) is 14.9 Å². The van der Waals surface area contributed by atoms with E-state index in [-0.39, 0.29) is 12.1 Å². The molecule has 0 spiro atoms. The Bertz CT molecular complexity index is 427. The summed E-state index contributed by atoms with van der Waals surface area (Å²) in [5, 5.41) is 3.38. The van der Waals surface area contributed by atoms with E-state index in [9.17, 15) is 8.42 Å². The highest BCUT2D eigenvalue weighted by molar-refractivity contribution is 7.86.